The predicted octanol–water partition coefficient (Wildman–Crippen LogP) is 3.98. The predicted molar refractivity (Wildman–Crippen MR) is 97.6 cm³/mol. The van der Waals surface area contributed by atoms with Gasteiger partial charge in [-0.25, -0.2) is 4.98 Å². The van der Waals surface area contributed by atoms with Gasteiger partial charge < -0.3 is 14.8 Å². The normalized spacial score (nSPS) is 11.2. The second kappa shape index (κ2) is 8.60. The maximum atomic E-state index is 12.1. The van der Waals surface area contributed by atoms with Gasteiger partial charge in [-0.1, -0.05) is 36.4 Å². The number of benzene rings is 2. The molecule has 0 aliphatic rings. The Hall–Kier alpha value is -3.29. The number of nitrogens with zero attached hydrogens (tertiary/aromatic N) is 1. The molecular formula is C20H17F3N2O3. The molecule has 0 saturated carbocycles. The molecule has 2 aromatic carbocycles. The first kappa shape index (κ1) is 19.5. The fourth-order valence-electron chi connectivity index (χ4n) is 2.50. The smallest absolute Gasteiger partial charge is 0.422 e. The third-order valence-electron chi connectivity index (χ3n) is 3.78. The second-order valence-corrected chi connectivity index (χ2v) is 5.87. The van der Waals surface area contributed by atoms with Crippen molar-refractivity contribution in [1.29, 1.82) is 0 Å². The van der Waals surface area contributed by atoms with Crippen LogP contribution in [0.4, 0.5) is 13.2 Å². The first-order chi connectivity index (χ1) is 13.4. The van der Waals surface area contributed by atoms with Crippen molar-refractivity contribution in [2.45, 2.75) is 6.18 Å². The van der Waals surface area contributed by atoms with E-state index in [9.17, 15) is 18.0 Å². The van der Waals surface area contributed by atoms with Crippen molar-refractivity contribution in [3.05, 3.63) is 66.4 Å². The van der Waals surface area contributed by atoms with Crippen LogP contribution in [0.5, 0.6) is 11.6 Å². The molecule has 3 rings (SSSR count). The Morgan fingerprint density at radius 3 is 2.54 bits per heavy atom. The number of rotatable bonds is 7. The van der Waals surface area contributed by atoms with Crippen molar-refractivity contribution in [1.82, 2.24) is 10.3 Å². The summed E-state index contributed by atoms with van der Waals surface area (Å²) in [6.07, 6.45) is -3.28. The molecule has 3 aromatic rings. The lowest BCUT2D eigenvalue weighted by Gasteiger charge is -2.11. The Bertz CT molecular complexity index is 938. The van der Waals surface area contributed by atoms with E-state index in [2.05, 4.69) is 15.0 Å². The first-order valence-corrected chi connectivity index (χ1v) is 8.47. The van der Waals surface area contributed by atoms with E-state index in [1.54, 1.807) is 0 Å². The maximum Gasteiger partial charge on any atom is 0.422 e. The van der Waals surface area contributed by atoms with E-state index in [-0.39, 0.29) is 24.6 Å². The molecule has 0 radical (unpaired) electrons. The molecule has 0 atom stereocenters. The van der Waals surface area contributed by atoms with Crippen LogP contribution in [0.2, 0.25) is 0 Å². The quantitative estimate of drug-likeness (QED) is 0.620. The highest BCUT2D eigenvalue weighted by Crippen LogP contribution is 2.24. The summed E-state index contributed by atoms with van der Waals surface area (Å²) in [5, 5.41) is 4.71. The van der Waals surface area contributed by atoms with Crippen LogP contribution in [-0.2, 0) is 0 Å². The molecule has 0 fully saturated rings. The van der Waals surface area contributed by atoms with Gasteiger partial charge in [-0.05, 0) is 17.5 Å². The van der Waals surface area contributed by atoms with Crippen LogP contribution in [0.25, 0.3) is 10.8 Å². The summed E-state index contributed by atoms with van der Waals surface area (Å²) in [5.41, 5.74) is 0.213. The molecule has 0 aliphatic carbocycles. The number of aromatic nitrogens is 1. The molecule has 1 N–H and O–H groups in total. The zero-order valence-electron chi connectivity index (χ0n) is 14.7. The Morgan fingerprint density at radius 1 is 1.00 bits per heavy atom. The SMILES string of the molecule is O=C(NCCOc1cccc2ccccc12)c1ccc(OCC(F)(F)F)nc1. The van der Waals surface area contributed by atoms with E-state index >= 15 is 0 Å². The van der Waals surface area contributed by atoms with E-state index in [4.69, 9.17) is 4.74 Å². The molecule has 5 nitrogen and oxygen atoms in total. The number of carbonyl (C=O) groups excluding carboxylic acids is 1. The molecule has 0 saturated heterocycles. The van der Waals surface area contributed by atoms with Crippen LogP contribution < -0.4 is 14.8 Å². The molecule has 0 unspecified atom stereocenters. The highest BCUT2D eigenvalue weighted by atomic mass is 19.4. The van der Waals surface area contributed by atoms with E-state index in [1.807, 2.05) is 42.5 Å². The van der Waals surface area contributed by atoms with E-state index in [0.29, 0.717) is 0 Å². The fraction of sp³-hybridized carbons (Fsp3) is 0.200. The number of hydrogen-bond donors (Lipinski definition) is 1. The van der Waals surface area contributed by atoms with Gasteiger partial charge in [0.25, 0.3) is 5.91 Å². The topological polar surface area (TPSA) is 60.5 Å². The largest absolute Gasteiger partial charge is 0.491 e. The Labute approximate surface area is 159 Å². The van der Waals surface area contributed by atoms with Crippen molar-refractivity contribution in [3.63, 3.8) is 0 Å². The van der Waals surface area contributed by atoms with Crippen molar-refractivity contribution in [2.75, 3.05) is 19.8 Å². The zero-order chi connectivity index (χ0) is 20.0. The van der Waals surface area contributed by atoms with Gasteiger partial charge >= 0.3 is 6.18 Å². The van der Waals surface area contributed by atoms with Gasteiger partial charge in [0.2, 0.25) is 5.88 Å². The molecular weight excluding hydrogens is 373 g/mol. The average molecular weight is 390 g/mol. The molecule has 1 amide bonds. The third kappa shape index (κ3) is 5.35. The van der Waals surface area contributed by atoms with Crippen molar-refractivity contribution in [3.8, 4) is 11.6 Å². The van der Waals surface area contributed by atoms with Crippen LogP contribution in [0.1, 0.15) is 10.4 Å². The summed E-state index contributed by atoms with van der Waals surface area (Å²) in [5.74, 6) is 0.115. The number of halogens is 3. The standard InChI is InChI=1S/C20H17F3N2O3/c21-20(22,23)13-28-18-9-8-15(12-25-18)19(26)24-10-11-27-17-7-3-5-14-4-1-2-6-16(14)17/h1-9,12H,10-11,13H2,(H,24,26). The van der Waals surface area contributed by atoms with E-state index in [0.717, 1.165) is 22.7 Å². The molecule has 0 spiro atoms. The average Bonchev–Trinajstić information content (AvgIpc) is 2.69. The Kier molecular flexibility index (Phi) is 5.98. The van der Waals surface area contributed by atoms with Crippen LogP contribution in [0.15, 0.2) is 60.8 Å². The van der Waals surface area contributed by atoms with Crippen LogP contribution in [-0.4, -0.2) is 36.8 Å². The van der Waals surface area contributed by atoms with Gasteiger partial charge in [-0.15, -0.1) is 0 Å². The minimum Gasteiger partial charge on any atom is -0.491 e. The number of hydrogen-bond acceptors (Lipinski definition) is 4. The molecule has 1 aromatic heterocycles. The fourth-order valence-corrected chi connectivity index (χ4v) is 2.50. The summed E-state index contributed by atoms with van der Waals surface area (Å²) < 4.78 is 46.5. The summed E-state index contributed by atoms with van der Waals surface area (Å²) >= 11 is 0. The highest BCUT2D eigenvalue weighted by Gasteiger charge is 2.28. The van der Waals surface area contributed by atoms with Gasteiger partial charge in [0.05, 0.1) is 12.1 Å². The minimum absolute atomic E-state index is 0.201. The zero-order valence-corrected chi connectivity index (χ0v) is 14.7. The van der Waals surface area contributed by atoms with Crippen molar-refractivity contribution in [2.24, 2.45) is 0 Å². The van der Waals surface area contributed by atoms with E-state index < -0.39 is 18.7 Å². The van der Waals surface area contributed by atoms with Crippen LogP contribution in [0.3, 0.4) is 0 Å². The molecule has 28 heavy (non-hydrogen) atoms. The Morgan fingerprint density at radius 2 is 1.79 bits per heavy atom. The lowest BCUT2D eigenvalue weighted by Crippen LogP contribution is -2.28. The number of nitrogens with one attached hydrogen (secondary N) is 1. The number of pyridine rings is 1. The summed E-state index contributed by atoms with van der Waals surface area (Å²) in [6, 6.07) is 16.1. The van der Waals surface area contributed by atoms with Gasteiger partial charge in [-0.3, -0.25) is 4.79 Å². The number of amides is 1. The maximum absolute atomic E-state index is 12.1. The monoisotopic (exact) mass is 390 g/mol. The summed E-state index contributed by atoms with van der Waals surface area (Å²) in [4.78, 5) is 15.8. The van der Waals surface area contributed by atoms with Crippen molar-refractivity contribution >= 4 is 16.7 Å². The number of alkyl halides is 3. The van der Waals surface area contributed by atoms with Crippen LogP contribution in [0, 0.1) is 0 Å². The second-order valence-electron chi connectivity index (χ2n) is 5.87. The third-order valence-corrected chi connectivity index (χ3v) is 3.78. The number of fused-ring (bicyclic) bond motifs is 1. The lowest BCUT2D eigenvalue weighted by molar-refractivity contribution is -0.154. The number of ether oxygens (including phenoxy) is 2. The molecule has 8 heteroatoms. The highest BCUT2D eigenvalue weighted by molar-refractivity contribution is 5.93. The Balaban J connectivity index is 1.48. The molecule has 146 valence electrons. The molecule has 1 heterocycles. The lowest BCUT2D eigenvalue weighted by atomic mass is 10.1. The molecule has 0 bridgehead atoms. The van der Waals surface area contributed by atoms with Gasteiger partial charge in [-0.2, -0.15) is 13.2 Å². The first-order valence-electron chi connectivity index (χ1n) is 8.47. The minimum atomic E-state index is -4.44. The van der Waals surface area contributed by atoms with Gasteiger partial charge in [0.15, 0.2) is 6.61 Å². The summed E-state index contributed by atoms with van der Waals surface area (Å²) in [6.45, 7) is -0.911. The van der Waals surface area contributed by atoms with Gasteiger partial charge in [0.1, 0.15) is 12.4 Å². The van der Waals surface area contributed by atoms with Crippen molar-refractivity contribution < 1.29 is 27.4 Å². The van der Waals surface area contributed by atoms with E-state index in [1.165, 1.54) is 12.1 Å². The molecule has 0 aliphatic heterocycles. The van der Waals surface area contributed by atoms with Gasteiger partial charge in [0, 0.05) is 17.6 Å². The summed E-state index contributed by atoms with van der Waals surface area (Å²) in [7, 11) is 0. The van der Waals surface area contributed by atoms with Crippen LogP contribution >= 0.6 is 0 Å². The number of carbonyl (C=O) groups is 1.